The van der Waals surface area contributed by atoms with E-state index in [0.717, 1.165) is 12.4 Å². The Morgan fingerprint density at radius 1 is 1.29 bits per heavy atom. The summed E-state index contributed by atoms with van der Waals surface area (Å²) in [6.45, 7) is -2.01. The van der Waals surface area contributed by atoms with Crippen molar-refractivity contribution in [1.29, 1.82) is 0 Å². The number of anilines is 1. The molecule has 0 fully saturated rings. The van der Waals surface area contributed by atoms with Gasteiger partial charge in [-0.2, -0.15) is 18.3 Å². The number of hydrogen-bond donors (Lipinski definition) is 2. The van der Waals surface area contributed by atoms with Crippen LogP contribution in [-0.2, 0) is 21.4 Å². The van der Waals surface area contributed by atoms with Crippen LogP contribution in [0, 0.1) is 0 Å². The van der Waals surface area contributed by atoms with E-state index in [2.05, 4.69) is 15.4 Å². The summed E-state index contributed by atoms with van der Waals surface area (Å²) in [6, 6.07) is 3.13. The number of rotatable bonds is 6. The smallest absolute Gasteiger partial charge is 0.324 e. The molecule has 0 spiro atoms. The number of amides is 1. The van der Waals surface area contributed by atoms with Crippen LogP contribution in [0.2, 0.25) is 0 Å². The minimum absolute atomic E-state index is 0.375. The molecule has 0 aliphatic rings. The summed E-state index contributed by atoms with van der Waals surface area (Å²) in [7, 11) is -4.16. The molecule has 2 aromatic rings. The second kappa shape index (κ2) is 6.97. The molecule has 0 aliphatic carbocycles. The van der Waals surface area contributed by atoms with Crippen molar-refractivity contribution in [3.63, 3.8) is 0 Å². The van der Waals surface area contributed by atoms with Crippen molar-refractivity contribution in [2.45, 2.75) is 17.6 Å². The maximum absolute atomic E-state index is 12.2. The number of nitrogens with one attached hydrogen (secondary N) is 2. The highest BCUT2D eigenvalue weighted by molar-refractivity contribution is 7.89. The SMILES string of the molecule is O=C(CNS(=O)(=O)c1cnn(CC(F)(F)F)c1)Nc1cccnc1. The van der Waals surface area contributed by atoms with Crippen LogP contribution in [0.1, 0.15) is 0 Å². The largest absolute Gasteiger partial charge is 0.408 e. The van der Waals surface area contributed by atoms with Crippen LogP contribution in [0.5, 0.6) is 0 Å². The maximum Gasteiger partial charge on any atom is 0.408 e. The van der Waals surface area contributed by atoms with E-state index >= 15 is 0 Å². The average molecular weight is 363 g/mol. The van der Waals surface area contributed by atoms with E-state index in [-0.39, 0.29) is 0 Å². The van der Waals surface area contributed by atoms with Gasteiger partial charge in [-0.1, -0.05) is 0 Å². The number of pyridine rings is 1. The first-order chi connectivity index (χ1) is 11.2. The topological polar surface area (TPSA) is 106 Å². The van der Waals surface area contributed by atoms with E-state index in [9.17, 15) is 26.4 Å². The monoisotopic (exact) mass is 363 g/mol. The first-order valence-electron chi connectivity index (χ1n) is 6.44. The Morgan fingerprint density at radius 2 is 2.04 bits per heavy atom. The lowest BCUT2D eigenvalue weighted by molar-refractivity contribution is -0.142. The molecule has 1 amide bonds. The fourth-order valence-corrected chi connectivity index (χ4v) is 2.57. The average Bonchev–Trinajstić information content (AvgIpc) is 2.93. The molecule has 2 N–H and O–H groups in total. The van der Waals surface area contributed by atoms with Crippen molar-refractivity contribution in [2.24, 2.45) is 0 Å². The highest BCUT2D eigenvalue weighted by atomic mass is 32.2. The molecule has 0 saturated carbocycles. The lowest BCUT2D eigenvalue weighted by atomic mass is 10.4. The molecule has 2 rings (SSSR count). The lowest BCUT2D eigenvalue weighted by Gasteiger charge is -2.06. The van der Waals surface area contributed by atoms with Crippen LogP contribution in [0.3, 0.4) is 0 Å². The van der Waals surface area contributed by atoms with E-state index in [1.165, 1.54) is 12.4 Å². The summed E-state index contributed by atoms with van der Waals surface area (Å²) in [4.78, 5) is 14.9. The minimum atomic E-state index is -4.52. The molecule has 0 saturated heterocycles. The molecule has 0 unspecified atom stereocenters. The number of carbonyl (C=O) groups is 1. The molecule has 2 aromatic heterocycles. The Hall–Kier alpha value is -2.47. The van der Waals surface area contributed by atoms with E-state index < -0.39 is 40.1 Å². The second-order valence-corrected chi connectivity index (χ2v) is 6.37. The second-order valence-electron chi connectivity index (χ2n) is 4.60. The Balaban J connectivity index is 1.95. The summed E-state index contributed by atoms with van der Waals surface area (Å²) >= 11 is 0. The van der Waals surface area contributed by atoms with Crippen LogP contribution >= 0.6 is 0 Å². The summed E-state index contributed by atoms with van der Waals surface area (Å²) < 4.78 is 63.0. The Morgan fingerprint density at radius 3 is 2.67 bits per heavy atom. The van der Waals surface area contributed by atoms with Gasteiger partial charge in [0.2, 0.25) is 15.9 Å². The van der Waals surface area contributed by atoms with Gasteiger partial charge in [-0.25, -0.2) is 13.1 Å². The van der Waals surface area contributed by atoms with Crippen molar-refractivity contribution >= 4 is 21.6 Å². The highest BCUT2D eigenvalue weighted by Crippen LogP contribution is 2.18. The zero-order valence-electron chi connectivity index (χ0n) is 12.0. The normalized spacial score (nSPS) is 12.1. The van der Waals surface area contributed by atoms with Gasteiger partial charge in [-0.3, -0.25) is 14.5 Å². The molecule has 24 heavy (non-hydrogen) atoms. The third kappa shape index (κ3) is 5.31. The van der Waals surface area contributed by atoms with E-state index in [4.69, 9.17) is 0 Å². The molecular weight excluding hydrogens is 351 g/mol. The van der Waals surface area contributed by atoms with Gasteiger partial charge in [-0.05, 0) is 12.1 Å². The van der Waals surface area contributed by atoms with Gasteiger partial charge in [-0.15, -0.1) is 0 Å². The Labute approximate surface area is 134 Å². The third-order valence-electron chi connectivity index (χ3n) is 2.63. The first-order valence-corrected chi connectivity index (χ1v) is 7.93. The number of carbonyl (C=O) groups excluding carboxylic acids is 1. The van der Waals surface area contributed by atoms with Crippen molar-refractivity contribution in [1.82, 2.24) is 19.5 Å². The van der Waals surface area contributed by atoms with E-state index in [0.29, 0.717) is 10.4 Å². The highest BCUT2D eigenvalue weighted by Gasteiger charge is 2.29. The van der Waals surface area contributed by atoms with Crippen LogP contribution in [0.25, 0.3) is 0 Å². The molecule has 0 aliphatic heterocycles. The molecule has 8 nitrogen and oxygen atoms in total. The summed E-state index contributed by atoms with van der Waals surface area (Å²) in [5.41, 5.74) is 0.375. The van der Waals surface area contributed by atoms with Gasteiger partial charge in [0.1, 0.15) is 11.4 Å². The first kappa shape index (κ1) is 17.9. The fraction of sp³-hybridized carbons (Fsp3) is 0.250. The number of hydrogen-bond acceptors (Lipinski definition) is 5. The van der Waals surface area contributed by atoms with Crippen molar-refractivity contribution in [2.75, 3.05) is 11.9 Å². The Bertz CT molecular complexity index is 805. The number of alkyl halides is 3. The quantitative estimate of drug-likeness (QED) is 0.788. The van der Waals surface area contributed by atoms with E-state index in [1.54, 1.807) is 12.1 Å². The third-order valence-corrected chi connectivity index (χ3v) is 3.98. The zero-order valence-corrected chi connectivity index (χ0v) is 12.8. The minimum Gasteiger partial charge on any atom is -0.324 e. The van der Waals surface area contributed by atoms with Crippen molar-refractivity contribution in [3.05, 3.63) is 36.9 Å². The van der Waals surface area contributed by atoms with Gasteiger partial charge in [0, 0.05) is 12.4 Å². The fourth-order valence-electron chi connectivity index (χ4n) is 1.64. The molecule has 0 aromatic carbocycles. The number of halogens is 3. The van der Waals surface area contributed by atoms with Gasteiger partial charge < -0.3 is 5.32 Å². The number of aromatic nitrogens is 3. The standard InChI is InChI=1S/C12H12F3N5O3S/c13-12(14,15)8-20-7-10(5-17-20)24(22,23)18-6-11(21)19-9-2-1-3-16-4-9/h1-5,7,18H,6,8H2,(H,19,21). The van der Waals surface area contributed by atoms with Gasteiger partial charge in [0.25, 0.3) is 0 Å². The predicted molar refractivity (Wildman–Crippen MR) is 76.3 cm³/mol. The summed E-state index contributed by atoms with van der Waals surface area (Å²) in [5, 5.41) is 5.74. The van der Waals surface area contributed by atoms with Crippen LogP contribution in [0.15, 0.2) is 41.8 Å². The van der Waals surface area contributed by atoms with E-state index in [1.807, 2.05) is 4.72 Å². The lowest BCUT2D eigenvalue weighted by Crippen LogP contribution is -2.32. The molecule has 0 atom stereocenters. The molecule has 2 heterocycles. The van der Waals surface area contributed by atoms with Crippen LogP contribution in [-0.4, -0.2) is 41.8 Å². The van der Waals surface area contributed by atoms with Crippen molar-refractivity contribution < 1.29 is 26.4 Å². The van der Waals surface area contributed by atoms with Gasteiger partial charge in [0.15, 0.2) is 0 Å². The van der Waals surface area contributed by atoms with Gasteiger partial charge in [0.05, 0.1) is 24.6 Å². The molecule has 0 radical (unpaired) electrons. The predicted octanol–water partition coefficient (Wildman–Crippen LogP) is 0.757. The number of sulfonamides is 1. The molecule has 0 bridgehead atoms. The maximum atomic E-state index is 12.2. The van der Waals surface area contributed by atoms with Crippen LogP contribution in [0.4, 0.5) is 18.9 Å². The van der Waals surface area contributed by atoms with Crippen LogP contribution < -0.4 is 10.0 Å². The zero-order chi connectivity index (χ0) is 17.8. The molecular formula is C12H12F3N5O3S. The summed E-state index contributed by atoms with van der Waals surface area (Å²) in [6.07, 6.45) is -0.156. The van der Waals surface area contributed by atoms with Gasteiger partial charge >= 0.3 is 6.18 Å². The summed E-state index contributed by atoms with van der Waals surface area (Å²) in [5.74, 6) is -0.658. The molecule has 130 valence electrons. The van der Waals surface area contributed by atoms with Crippen molar-refractivity contribution in [3.8, 4) is 0 Å². The molecule has 12 heteroatoms. The number of nitrogens with zero attached hydrogens (tertiary/aromatic N) is 3. The Kier molecular flexibility index (Phi) is 5.19.